The predicted molar refractivity (Wildman–Crippen MR) is 62.2 cm³/mol. The second-order valence-electron chi connectivity index (χ2n) is 4.01. The molecular formula is C10H10N2O6S. The maximum Gasteiger partial charge on any atom is 0.329 e. The summed E-state index contributed by atoms with van der Waals surface area (Å²) in [6, 6.07) is 4.79. The van der Waals surface area contributed by atoms with Crippen LogP contribution in [0, 0.1) is 16.0 Å². The van der Waals surface area contributed by atoms with Crippen LogP contribution < -0.4 is 4.89 Å². The normalized spacial score (nSPS) is 14.9. The van der Waals surface area contributed by atoms with Gasteiger partial charge < -0.3 is 4.84 Å². The van der Waals surface area contributed by atoms with Crippen molar-refractivity contribution >= 4 is 21.7 Å². The van der Waals surface area contributed by atoms with Gasteiger partial charge in [0, 0.05) is 6.07 Å². The molecule has 1 fully saturated rings. The van der Waals surface area contributed by atoms with Crippen molar-refractivity contribution in [2.75, 3.05) is 0 Å². The van der Waals surface area contributed by atoms with E-state index in [-0.39, 0.29) is 5.92 Å². The van der Waals surface area contributed by atoms with Gasteiger partial charge in [-0.25, -0.2) is 8.42 Å². The van der Waals surface area contributed by atoms with Crippen LogP contribution in [-0.4, -0.2) is 19.3 Å². The zero-order valence-corrected chi connectivity index (χ0v) is 10.4. The number of nitrogens with one attached hydrogen (secondary N) is 1. The summed E-state index contributed by atoms with van der Waals surface area (Å²) in [6.07, 6.45) is 1.32. The first-order valence-corrected chi connectivity index (χ1v) is 6.86. The average molecular weight is 286 g/mol. The molecule has 1 aromatic rings. The highest BCUT2D eigenvalue weighted by Gasteiger charge is 2.33. The largest absolute Gasteiger partial charge is 0.355 e. The van der Waals surface area contributed by atoms with Gasteiger partial charge in [-0.1, -0.05) is 12.1 Å². The number of nitro groups is 1. The SMILES string of the molecule is O=C(ONS(=O)(=O)c1ccccc1[N+](=O)[O-])C1CC1. The van der Waals surface area contributed by atoms with Gasteiger partial charge in [0.05, 0.1) is 10.8 Å². The summed E-state index contributed by atoms with van der Waals surface area (Å²) < 4.78 is 23.6. The summed E-state index contributed by atoms with van der Waals surface area (Å²) in [5.74, 6) is -0.962. The smallest absolute Gasteiger partial charge is 0.329 e. The monoisotopic (exact) mass is 286 g/mol. The Hall–Kier alpha value is -2.00. The van der Waals surface area contributed by atoms with Gasteiger partial charge in [-0.3, -0.25) is 14.9 Å². The Morgan fingerprint density at radius 3 is 2.58 bits per heavy atom. The van der Waals surface area contributed by atoms with Crippen molar-refractivity contribution in [1.29, 1.82) is 0 Å². The highest BCUT2D eigenvalue weighted by molar-refractivity contribution is 7.89. The molecule has 1 N–H and O–H groups in total. The third-order valence-corrected chi connectivity index (χ3v) is 3.74. The molecule has 0 aromatic heterocycles. The lowest BCUT2D eigenvalue weighted by Gasteiger charge is -2.06. The van der Waals surface area contributed by atoms with Crippen LogP contribution in [0.15, 0.2) is 29.2 Å². The molecule has 0 radical (unpaired) electrons. The van der Waals surface area contributed by atoms with Crippen LogP contribution in [0.3, 0.4) is 0 Å². The highest BCUT2D eigenvalue weighted by Crippen LogP contribution is 2.30. The zero-order valence-electron chi connectivity index (χ0n) is 9.61. The molecule has 102 valence electrons. The van der Waals surface area contributed by atoms with Crippen molar-refractivity contribution in [3.63, 3.8) is 0 Å². The average Bonchev–Trinajstić information content (AvgIpc) is 3.20. The molecule has 9 heteroatoms. The molecule has 8 nitrogen and oxygen atoms in total. The fourth-order valence-corrected chi connectivity index (χ4v) is 2.34. The molecule has 0 aliphatic heterocycles. The van der Waals surface area contributed by atoms with E-state index in [1.54, 1.807) is 4.89 Å². The molecule has 0 saturated heterocycles. The number of carbonyl (C=O) groups is 1. The van der Waals surface area contributed by atoms with Gasteiger partial charge in [0.15, 0.2) is 4.90 Å². The Morgan fingerprint density at radius 1 is 1.37 bits per heavy atom. The fraction of sp³-hybridized carbons (Fsp3) is 0.300. The predicted octanol–water partition coefficient (Wildman–Crippen LogP) is 0.741. The number of rotatable bonds is 5. The zero-order chi connectivity index (χ0) is 14.0. The van der Waals surface area contributed by atoms with E-state index in [4.69, 9.17) is 0 Å². The number of hydrogen-bond acceptors (Lipinski definition) is 6. The molecule has 19 heavy (non-hydrogen) atoms. The maximum absolute atomic E-state index is 11.8. The number of sulfonamides is 1. The number of hydrogen-bond donors (Lipinski definition) is 1. The Bertz CT molecular complexity index is 623. The molecule has 0 amide bonds. The molecule has 1 aliphatic rings. The first-order chi connectivity index (χ1) is 8.92. The van der Waals surface area contributed by atoms with Crippen molar-refractivity contribution in [2.45, 2.75) is 17.7 Å². The van der Waals surface area contributed by atoms with Gasteiger partial charge in [0.2, 0.25) is 0 Å². The molecule has 0 heterocycles. The van der Waals surface area contributed by atoms with Crippen LogP contribution in [0.2, 0.25) is 0 Å². The lowest BCUT2D eigenvalue weighted by Crippen LogP contribution is -2.28. The summed E-state index contributed by atoms with van der Waals surface area (Å²) in [4.78, 5) is 26.6. The molecule has 0 bridgehead atoms. The summed E-state index contributed by atoms with van der Waals surface area (Å²) in [7, 11) is -4.27. The van der Waals surface area contributed by atoms with Gasteiger partial charge in [0.25, 0.3) is 15.7 Å². The maximum atomic E-state index is 11.8. The molecule has 0 spiro atoms. The van der Waals surface area contributed by atoms with Crippen LogP contribution in [-0.2, 0) is 19.7 Å². The number of para-hydroxylation sites is 1. The minimum absolute atomic E-state index is 0.284. The van der Waals surface area contributed by atoms with Crippen LogP contribution in [0.25, 0.3) is 0 Å². The minimum atomic E-state index is -4.27. The standard InChI is InChI=1S/C10H10N2O6S/c13-10(7-5-6-7)18-11-19(16,17)9-4-2-1-3-8(9)12(14)15/h1-4,7,11H,5-6H2. The van der Waals surface area contributed by atoms with E-state index in [2.05, 4.69) is 4.84 Å². The highest BCUT2D eigenvalue weighted by atomic mass is 32.2. The number of benzene rings is 1. The Morgan fingerprint density at radius 2 is 2.00 bits per heavy atom. The van der Waals surface area contributed by atoms with E-state index in [0.717, 1.165) is 12.1 Å². The van der Waals surface area contributed by atoms with Crippen LogP contribution in [0.1, 0.15) is 12.8 Å². The molecule has 2 rings (SSSR count). The Kier molecular flexibility index (Phi) is 3.49. The number of nitro benzene ring substituents is 1. The first-order valence-electron chi connectivity index (χ1n) is 5.38. The Labute approximate surface area is 108 Å². The van der Waals surface area contributed by atoms with E-state index in [9.17, 15) is 23.3 Å². The molecular weight excluding hydrogens is 276 g/mol. The summed E-state index contributed by atoms with van der Waals surface area (Å²) in [5.41, 5.74) is -0.586. The third kappa shape index (κ3) is 3.06. The minimum Gasteiger partial charge on any atom is -0.355 e. The number of carbonyl (C=O) groups excluding carboxylic acids is 1. The molecule has 1 saturated carbocycles. The van der Waals surface area contributed by atoms with E-state index < -0.39 is 31.5 Å². The quantitative estimate of drug-likeness (QED) is 0.630. The van der Waals surface area contributed by atoms with E-state index >= 15 is 0 Å². The first kappa shape index (κ1) is 13.4. The third-order valence-electron chi connectivity index (χ3n) is 2.51. The van der Waals surface area contributed by atoms with Crippen LogP contribution >= 0.6 is 0 Å². The van der Waals surface area contributed by atoms with Crippen molar-refractivity contribution in [3.8, 4) is 0 Å². The van der Waals surface area contributed by atoms with Crippen LogP contribution in [0.5, 0.6) is 0 Å². The molecule has 0 atom stereocenters. The van der Waals surface area contributed by atoms with Crippen molar-refractivity contribution < 1.29 is 23.0 Å². The van der Waals surface area contributed by atoms with Gasteiger partial charge in [-0.15, -0.1) is 0 Å². The summed E-state index contributed by atoms with van der Waals surface area (Å²) >= 11 is 0. The molecule has 1 aromatic carbocycles. The fourth-order valence-electron chi connectivity index (χ4n) is 1.38. The van der Waals surface area contributed by atoms with Crippen molar-refractivity contribution in [3.05, 3.63) is 34.4 Å². The van der Waals surface area contributed by atoms with Crippen LogP contribution in [0.4, 0.5) is 5.69 Å². The summed E-state index contributed by atoms with van der Waals surface area (Å²) in [6.45, 7) is 0. The van der Waals surface area contributed by atoms with E-state index in [1.807, 2.05) is 0 Å². The second-order valence-corrected chi connectivity index (χ2v) is 5.62. The lowest BCUT2D eigenvalue weighted by molar-refractivity contribution is -0.387. The molecule has 0 unspecified atom stereocenters. The van der Waals surface area contributed by atoms with Crippen molar-refractivity contribution in [2.24, 2.45) is 5.92 Å². The van der Waals surface area contributed by atoms with Gasteiger partial charge in [-0.2, -0.15) is 0 Å². The summed E-state index contributed by atoms with van der Waals surface area (Å²) in [5, 5.41) is 10.7. The van der Waals surface area contributed by atoms with Gasteiger partial charge >= 0.3 is 5.97 Å². The van der Waals surface area contributed by atoms with Gasteiger partial charge in [0.1, 0.15) is 0 Å². The van der Waals surface area contributed by atoms with Gasteiger partial charge in [-0.05, 0) is 23.8 Å². The Balaban J connectivity index is 2.19. The van der Waals surface area contributed by atoms with E-state index in [0.29, 0.717) is 12.8 Å². The van der Waals surface area contributed by atoms with Crippen molar-refractivity contribution in [1.82, 2.24) is 4.89 Å². The second kappa shape index (κ2) is 4.94. The number of nitrogens with zero attached hydrogens (tertiary/aromatic N) is 1. The molecule has 1 aliphatic carbocycles. The topological polar surface area (TPSA) is 116 Å². The lowest BCUT2D eigenvalue weighted by atomic mass is 10.3. The van der Waals surface area contributed by atoms with E-state index in [1.165, 1.54) is 12.1 Å².